The Labute approximate surface area is 113 Å². The number of nitrogens with zero attached hydrogens (tertiary/aromatic N) is 1. The summed E-state index contributed by atoms with van der Waals surface area (Å²) in [7, 11) is 0. The number of Topliss-reactive ketones (excluding diaryl/α,β-unsaturated/α-hetero) is 1. The third kappa shape index (κ3) is 4.11. The van der Waals surface area contributed by atoms with E-state index in [2.05, 4.69) is 4.90 Å². The fourth-order valence-electron chi connectivity index (χ4n) is 2.67. The van der Waals surface area contributed by atoms with Gasteiger partial charge in [-0.15, -0.1) is 0 Å². The molecular formula is C15H20FNO2. The molecule has 1 atom stereocenters. The Morgan fingerprint density at radius 1 is 1.47 bits per heavy atom. The molecule has 0 spiro atoms. The number of rotatable bonds is 5. The molecular weight excluding hydrogens is 245 g/mol. The molecule has 19 heavy (non-hydrogen) atoms. The molecule has 1 saturated heterocycles. The van der Waals surface area contributed by atoms with E-state index in [0.29, 0.717) is 18.0 Å². The SMILES string of the molecule is O=C(CN1CCCC(CCO)C1)c1cccc(F)c1. The predicted octanol–water partition coefficient (Wildman–Crippen LogP) is 2.10. The lowest BCUT2D eigenvalue weighted by Crippen LogP contribution is -2.39. The van der Waals surface area contributed by atoms with Gasteiger partial charge in [0.2, 0.25) is 0 Å². The van der Waals surface area contributed by atoms with Gasteiger partial charge in [-0.2, -0.15) is 0 Å². The molecule has 1 aliphatic heterocycles. The topological polar surface area (TPSA) is 40.5 Å². The molecule has 3 nitrogen and oxygen atoms in total. The zero-order valence-electron chi connectivity index (χ0n) is 11.0. The number of benzene rings is 1. The van der Waals surface area contributed by atoms with Crippen LogP contribution in [0.15, 0.2) is 24.3 Å². The summed E-state index contributed by atoms with van der Waals surface area (Å²) in [4.78, 5) is 14.2. The number of ketones is 1. The summed E-state index contributed by atoms with van der Waals surface area (Å²) >= 11 is 0. The lowest BCUT2D eigenvalue weighted by atomic mass is 9.95. The van der Waals surface area contributed by atoms with E-state index in [0.717, 1.165) is 32.4 Å². The van der Waals surface area contributed by atoms with Crippen LogP contribution in [0.25, 0.3) is 0 Å². The molecule has 104 valence electrons. The third-order valence-electron chi connectivity index (χ3n) is 3.65. The fourth-order valence-corrected chi connectivity index (χ4v) is 2.67. The molecule has 2 rings (SSSR count). The van der Waals surface area contributed by atoms with Crippen molar-refractivity contribution in [3.8, 4) is 0 Å². The second-order valence-electron chi connectivity index (χ2n) is 5.19. The summed E-state index contributed by atoms with van der Waals surface area (Å²) < 4.78 is 13.1. The second-order valence-corrected chi connectivity index (χ2v) is 5.19. The highest BCUT2D eigenvalue weighted by molar-refractivity contribution is 5.97. The van der Waals surface area contributed by atoms with E-state index in [4.69, 9.17) is 5.11 Å². The van der Waals surface area contributed by atoms with Crippen LogP contribution in [0, 0.1) is 11.7 Å². The van der Waals surface area contributed by atoms with E-state index < -0.39 is 0 Å². The van der Waals surface area contributed by atoms with Gasteiger partial charge in [-0.25, -0.2) is 4.39 Å². The van der Waals surface area contributed by atoms with Gasteiger partial charge >= 0.3 is 0 Å². The summed E-state index contributed by atoms with van der Waals surface area (Å²) in [5, 5.41) is 8.97. The van der Waals surface area contributed by atoms with Crippen molar-refractivity contribution in [1.82, 2.24) is 4.90 Å². The molecule has 1 unspecified atom stereocenters. The molecule has 0 aliphatic carbocycles. The molecule has 1 heterocycles. The van der Waals surface area contributed by atoms with Crippen LogP contribution < -0.4 is 0 Å². The van der Waals surface area contributed by atoms with Crippen molar-refractivity contribution in [2.45, 2.75) is 19.3 Å². The lowest BCUT2D eigenvalue weighted by molar-refractivity contribution is 0.0871. The number of aliphatic hydroxyl groups is 1. The monoisotopic (exact) mass is 265 g/mol. The van der Waals surface area contributed by atoms with Gasteiger partial charge in [-0.05, 0) is 43.9 Å². The molecule has 4 heteroatoms. The number of likely N-dealkylation sites (tertiary alicyclic amines) is 1. The first kappa shape index (κ1) is 14.2. The number of piperidine rings is 1. The summed E-state index contributed by atoms with van der Waals surface area (Å²) in [5.41, 5.74) is 0.435. The maximum Gasteiger partial charge on any atom is 0.176 e. The van der Waals surface area contributed by atoms with Crippen molar-refractivity contribution in [3.63, 3.8) is 0 Å². The van der Waals surface area contributed by atoms with E-state index >= 15 is 0 Å². The number of carbonyl (C=O) groups excluding carboxylic acids is 1. The summed E-state index contributed by atoms with van der Waals surface area (Å²) in [6.45, 7) is 2.30. The van der Waals surface area contributed by atoms with Crippen LogP contribution in [0.5, 0.6) is 0 Å². The molecule has 0 saturated carbocycles. The third-order valence-corrected chi connectivity index (χ3v) is 3.65. The first-order valence-electron chi connectivity index (χ1n) is 6.81. The number of hydrogen-bond donors (Lipinski definition) is 1. The van der Waals surface area contributed by atoms with Gasteiger partial charge in [0.25, 0.3) is 0 Å². The second kappa shape index (κ2) is 6.78. The molecule has 0 aromatic heterocycles. The predicted molar refractivity (Wildman–Crippen MR) is 71.6 cm³/mol. The maximum atomic E-state index is 13.1. The van der Waals surface area contributed by atoms with E-state index in [1.54, 1.807) is 12.1 Å². The Hall–Kier alpha value is -1.26. The number of aliphatic hydroxyl groups excluding tert-OH is 1. The number of hydrogen-bond acceptors (Lipinski definition) is 3. The fraction of sp³-hybridized carbons (Fsp3) is 0.533. The molecule has 0 radical (unpaired) electrons. The van der Waals surface area contributed by atoms with Gasteiger partial charge < -0.3 is 5.11 Å². The quantitative estimate of drug-likeness (QED) is 0.829. The van der Waals surface area contributed by atoms with Crippen LogP contribution in [0.1, 0.15) is 29.6 Å². The Bertz CT molecular complexity index is 434. The molecule has 1 fully saturated rings. The van der Waals surface area contributed by atoms with Gasteiger partial charge in [-0.1, -0.05) is 12.1 Å². The van der Waals surface area contributed by atoms with Crippen LogP contribution in [0.4, 0.5) is 4.39 Å². The standard InChI is InChI=1S/C15H20FNO2/c16-14-5-1-4-13(9-14)15(19)11-17-7-2-3-12(10-17)6-8-18/h1,4-5,9,12,18H,2-3,6-8,10-11H2. The van der Waals surface area contributed by atoms with Crippen LogP contribution in [0.3, 0.4) is 0 Å². The minimum absolute atomic E-state index is 0.0378. The van der Waals surface area contributed by atoms with E-state index in [-0.39, 0.29) is 18.2 Å². The highest BCUT2D eigenvalue weighted by Crippen LogP contribution is 2.19. The zero-order valence-corrected chi connectivity index (χ0v) is 11.0. The van der Waals surface area contributed by atoms with Gasteiger partial charge in [-0.3, -0.25) is 9.69 Å². The van der Waals surface area contributed by atoms with Crippen molar-refractivity contribution in [3.05, 3.63) is 35.6 Å². The van der Waals surface area contributed by atoms with Crippen molar-refractivity contribution >= 4 is 5.78 Å². The minimum Gasteiger partial charge on any atom is -0.396 e. The summed E-state index contributed by atoms with van der Waals surface area (Å²) in [6.07, 6.45) is 2.97. The van der Waals surface area contributed by atoms with Crippen molar-refractivity contribution < 1.29 is 14.3 Å². The first-order chi connectivity index (χ1) is 9.19. The van der Waals surface area contributed by atoms with E-state index in [1.165, 1.54) is 12.1 Å². The summed E-state index contributed by atoms with van der Waals surface area (Å²) in [5.74, 6) is 0.0610. The van der Waals surface area contributed by atoms with Gasteiger partial charge in [0.15, 0.2) is 5.78 Å². The van der Waals surface area contributed by atoms with Crippen LogP contribution in [-0.4, -0.2) is 42.0 Å². The largest absolute Gasteiger partial charge is 0.396 e. The smallest absolute Gasteiger partial charge is 0.176 e. The van der Waals surface area contributed by atoms with E-state index in [1.807, 2.05) is 0 Å². The molecule has 1 aromatic rings. The lowest BCUT2D eigenvalue weighted by Gasteiger charge is -2.31. The van der Waals surface area contributed by atoms with Gasteiger partial charge in [0.05, 0.1) is 6.54 Å². The van der Waals surface area contributed by atoms with Crippen molar-refractivity contribution in [2.75, 3.05) is 26.2 Å². The Kier molecular flexibility index (Phi) is 5.05. The van der Waals surface area contributed by atoms with Gasteiger partial charge in [0.1, 0.15) is 5.82 Å². The zero-order chi connectivity index (χ0) is 13.7. The number of halogens is 1. The van der Waals surface area contributed by atoms with Crippen molar-refractivity contribution in [1.29, 1.82) is 0 Å². The Balaban J connectivity index is 1.91. The van der Waals surface area contributed by atoms with E-state index in [9.17, 15) is 9.18 Å². The van der Waals surface area contributed by atoms with Crippen molar-refractivity contribution in [2.24, 2.45) is 5.92 Å². The minimum atomic E-state index is -0.373. The summed E-state index contributed by atoms with van der Waals surface area (Å²) in [6, 6.07) is 5.85. The van der Waals surface area contributed by atoms with Gasteiger partial charge in [0, 0.05) is 18.7 Å². The molecule has 1 aliphatic rings. The molecule has 1 aromatic carbocycles. The molecule has 0 amide bonds. The van der Waals surface area contributed by atoms with Crippen LogP contribution >= 0.6 is 0 Å². The Morgan fingerprint density at radius 3 is 3.05 bits per heavy atom. The van der Waals surface area contributed by atoms with Crippen LogP contribution in [-0.2, 0) is 0 Å². The average Bonchev–Trinajstić information content (AvgIpc) is 2.39. The highest BCUT2D eigenvalue weighted by atomic mass is 19.1. The normalized spacial score (nSPS) is 20.4. The highest BCUT2D eigenvalue weighted by Gasteiger charge is 2.21. The maximum absolute atomic E-state index is 13.1. The number of carbonyl (C=O) groups is 1. The first-order valence-corrected chi connectivity index (χ1v) is 6.81. The Morgan fingerprint density at radius 2 is 2.32 bits per heavy atom. The van der Waals surface area contributed by atoms with Crippen LogP contribution in [0.2, 0.25) is 0 Å². The average molecular weight is 265 g/mol. The molecule has 0 bridgehead atoms. The molecule has 1 N–H and O–H groups in total.